The molecule has 2 aliphatic heterocycles. The summed E-state index contributed by atoms with van der Waals surface area (Å²) in [5.41, 5.74) is -3.27. The summed E-state index contributed by atoms with van der Waals surface area (Å²) in [6.07, 6.45) is -1.11. The summed E-state index contributed by atoms with van der Waals surface area (Å²) in [5, 5.41) is 39.5. The standard InChI is InChI=1S/C20H12BrClN4O2S/c1-11-19(10-25)17(26)28-20(11,12-3-2-4-13(22)7-12)27-16(18(19,8-23)9-24)14-5-6-15(21)29-14/h2-7,11,16,26H,1H3. The van der Waals surface area contributed by atoms with Crippen LogP contribution in [0.15, 0.2) is 40.2 Å². The number of halogens is 2. The van der Waals surface area contributed by atoms with Crippen molar-refractivity contribution < 1.29 is 9.47 Å². The number of nitrogens with zero attached hydrogens (tertiary/aromatic N) is 3. The predicted molar refractivity (Wildman–Crippen MR) is 109 cm³/mol. The van der Waals surface area contributed by atoms with Gasteiger partial charge < -0.3 is 9.47 Å². The number of fused-ring (bicyclic) bond motifs is 2. The molecule has 1 aromatic carbocycles. The van der Waals surface area contributed by atoms with Crippen LogP contribution in [0.4, 0.5) is 0 Å². The van der Waals surface area contributed by atoms with Crippen molar-refractivity contribution in [3.05, 3.63) is 55.6 Å². The van der Waals surface area contributed by atoms with E-state index < -0.39 is 34.5 Å². The van der Waals surface area contributed by atoms with Gasteiger partial charge in [-0.2, -0.15) is 15.8 Å². The smallest absolute Gasteiger partial charge is 0.244 e. The molecule has 3 heterocycles. The Morgan fingerprint density at radius 2 is 1.90 bits per heavy atom. The van der Waals surface area contributed by atoms with Gasteiger partial charge in [-0.15, -0.1) is 11.3 Å². The largest absolute Gasteiger partial charge is 0.443 e. The predicted octanol–water partition coefficient (Wildman–Crippen LogP) is 5.28. The van der Waals surface area contributed by atoms with Crippen LogP contribution in [0, 0.1) is 56.2 Å². The van der Waals surface area contributed by atoms with E-state index in [-0.39, 0.29) is 0 Å². The highest BCUT2D eigenvalue weighted by Gasteiger charge is 2.79. The van der Waals surface area contributed by atoms with Gasteiger partial charge >= 0.3 is 0 Å². The fourth-order valence-electron chi connectivity index (χ4n) is 4.30. The lowest BCUT2D eigenvalue weighted by atomic mass is 9.54. The van der Waals surface area contributed by atoms with Crippen molar-refractivity contribution in [2.24, 2.45) is 16.7 Å². The molecular weight excluding hydrogens is 476 g/mol. The van der Waals surface area contributed by atoms with Gasteiger partial charge in [0.15, 0.2) is 5.41 Å². The van der Waals surface area contributed by atoms with Crippen molar-refractivity contribution in [3.63, 3.8) is 0 Å². The summed E-state index contributed by atoms with van der Waals surface area (Å²) in [6.45, 7) is 1.66. The molecule has 29 heavy (non-hydrogen) atoms. The molecule has 144 valence electrons. The SMILES string of the molecule is CC1C2(c3cccc(Cl)c3)OC(=N)C1(C#N)C(C#N)(C#N)C(c1ccc(Br)s1)O2. The molecule has 9 heteroatoms. The number of rotatable bonds is 2. The maximum Gasteiger partial charge on any atom is 0.244 e. The molecule has 2 aromatic rings. The Morgan fingerprint density at radius 1 is 1.17 bits per heavy atom. The number of hydrogen-bond acceptors (Lipinski definition) is 7. The summed E-state index contributed by atoms with van der Waals surface area (Å²) >= 11 is 10.9. The van der Waals surface area contributed by atoms with E-state index in [4.69, 9.17) is 26.5 Å². The third-order valence-electron chi connectivity index (χ3n) is 5.75. The van der Waals surface area contributed by atoms with Gasteiger partial charge in [0.2, 0.25) is 17.1 Å². The fraction of sp³-hybridized carbons (Fsp3) is 0.300. The van der Waals surface area contributed by atoms with E-state index in [1.165, 1.54) is 11.3 Å². The van der Waals surface area contributed by atoms with Crippen LogP contribution in [0.2, 0.25) is 5.02 Å². The van der Waals surface area contributed by atoms with E-state index in [1.54, 1.807) is 43.3 Å². The van der Waals surface area contributed by atoms with Crippen molar-refractivity contribution in [2.75, 3.05) is 0 Å². The van der Waals surface area contributed by atoms with Crippen LogP contribution in [0.5, 0.6) is 0 Å². The third kappa shape index (κ3) is 2.31. The summed E-state index contributed by atoms with van der Waals surface area (Å²) in [5.74, 6) is -2.80. The number of nitriles is 3. The van der Waals surface area contributed by atoms with Gasteiger partial charge in [0.1, 0.15) is 6.10 Å². The molecule has 1 N–H and O–H groups in total. The fourth-order valence-corrected chi connectivity index (χ4v) is 6.01. The summed E-state index contributed by atoms with van der Waals surface area (Å²) in [7, 11) is 0. The molecule has 0 saturated carbocycles. The zero-order valence-corrected chi connectivity index (χ0v) is 18.1. The van der Waals surface area contributed by atoms with Crippen LogP contribution < -0.4 is 0 Å². The normalized spacial score (nSPS) is 31.9. The first-order valence-electron chi connectivity index (χ1n) is 8.52. The van der Waals surface area contributed by atoms with Crippen molar-refractivity contribution in [2.45, 2.75) is 18.8 Å². The highest BCUT2D eigenvalue weighted by Crippen LogP contribution is 2.69. The van der Waals surface area contributed by atoms with E-state index in [9.17, 15) is 15.8 Å². The Morgan fingerprint density at radius 3 is 2.45 bits per heavy atom. The van der Waals surface area contributed by atoms with Crippen molar-refractivity contribution in [3.8, 4) is 18.2 Å². The van der Waals surface area contributed by atoms with Gasteiger partial charge in [-0.3, -0.25) is 5.41 Å². The maximum atomic E-state index is 10.2. The topological polar surface area (TPSA) is 114 Å². The van der Waals surface area contributed by atoms with Crippen LogP contribution in [-0.2, 0) is 15.3 Å². The monoisotopic (exact) mass is 486 g/mol. The molecule has 4 rings (SSSR count). The zero-order valence-electron chi connectivity index (χ0n) is 14.9. The van der Waals surface area contributed by atoms with Gasteiger partial charge in [-0.25, -0.2) is 0 Å². The second-order valence-corrected chi connectivity index (χ2v) is 9.85. The summed E-state index contributed by atoms with van der Waals surface area (Å²) < 4.78 is 13.1. The first kappa shape index (κ1) is 19.9. The number of thiophene rings is 1. The van der Waals surface area contributed by atoms with Gasteiger partial charge in [-0.05, 0) is 40.2 Å². The second kappa shape index (κ2) is 6.55. The van der Waals surface area contributed by atoms with Crippen LogP contribution in [-0.4, -0.2) is 5.90 Å². The van der Waals surface area contributed by atoms with E-state index >= 15 is 0 Å². The minimum absolute atomic E-state index is 0.435. The van der Waals surface area contributed by atoms with Gasteiger partial charge in [-0.1, -0.05) is 30.7 Å². The lowest BCUT2D eigenvalue weighted by molar-refractivity contribution is -0.287. The average Bonchev–Trinajstić information content (AvgIpc) is 3.20. The third-order valence-corrected chi connectivity index (χ3v) is 7.65. The second-order valence-electron chi connectivity index (χ2n) is 6.92. The van der Waals surface area contributed by atoms with Crippen LogP contribution >= 0.6 is 38.9 Å². The Kier molecular flexibility index (Phi) is 4.49. The molecule has 4 atom stereocenters. The quantitative estimate of drug-likeness (QED) is 0.619. The van der Waals surface area contributed by atoms with Gasteiger partial charge in [0.25, 0.3) is 0 Å². The van der Waals surface area contributed by atoms with Crippen LogP contribution in [0.1, 0.15) is 23.5 Å². The maximum absolute atomic E-state index is 10.2. The zero-order chi connectivity index (χ0) is 21.0. The highest BCUT2D eigenvalue weighted by molar-refractivity contribution is 9.11. The molecule has 0 spiro atoms. The molecule has 0 aliphatic carbocycles. The van der Waals surface area contributed by atoms with Crippen LogP contribution in [0.3, 0.4) is 0 Å². The highest BCUT2D eigenvalue weighted by atomic mass is 79.9. The molecular formula is C20H12BrClN4O2S. The first-order valence-corrected chi connectivity index (χ1v) is 10.5. The van der Waals surface area contributed by atoms with Crippen molar-refractivity contribution in [1.29, 1.82) is 21.2 Å². The lowest BCUT2D eigenvalue weighted by Crippen LogP contribution is -2.57. The molecule has 2 aliphatic rings. The Balaban J connectivity index is 2.05. The van der Waals surface area contributed by atoms with Crippen LogP contribution in [0.25, 0.3) is 0 Å². The van der Waals surface area contributed by atoms with E-state index in [2.05, 4.69) is 22.0 Å². The number of benzene rings is 1. The molecule has 2 fully saturated rings. The van der Waals surface area contributed by atoms with E-state index in [1.807, 2.05) is 12.1 Å². The minimum atomic E-state index is -1.97. The summed E-state index contributed by atoms with van der Waals surface area (Å²) in [4.78, 5) is 0.580. The molecule has 1 aromatic heterocycles. The number of ether oxygens (including phenoxy) is 2. The van der Waals surface area contributed by atoms with Crippen molar-refractivity contribution in [1.82, 2.24) is 0 Å². The molecule has 2 bridgehead atoms. The molecule has 0 radical (unpaired) electrons. The van der Waals surface area contributed by atoms with E-state index in [0.717, 1.165) is 3.79 Å². The van der Waals surface area contributed by atoms with Crippen molar-refractivity contribution >= 4 is 44.8 Å². The van der Waals surface area contributed by atoms with Gasteiger partial charge in [0, 0.05) is 15.5 Å². The Bertz CT molecular complexity index is 1150. The number of hydrogen-bond donors (Lipinski definition) is 1. The van der Waals surface area contributed by atoms with Gasteiger partial charge in [0.05, 0.1) is 27.9 Å². The van der Waals surface area contributed by atoms with E-state index in [0.29, 0.717) is 15.5 Å². The Labute approximate surface area is 184 Å². The minimum Gasteiger partial charge on any atom is -0.443 e. The lowest BCUT2D eigenvalue weighted by Gasteiger charge is -2.48. The molecule has 0 amide bonds. The molecule has 4 unspecified atom stereocenters. The molecule has 6 nitrogen and oxygen atoms in total. The first-order chi connectivity index (χ1) is 13.8. The Hall–Kier alpha value is -2.41. The average molecular weight is 488 g/mol. The number of nitrogens with one attached hydrogen (secondary N) is 1. The summed E-state index contributed by atoms with van der Waals surface area (Å²) in [6, 6.07) is 16.4. The molecule has 2 saturated heterocycles.